The zero-order valence-electron chi connectivity index (χ0n) is 18.8. The van der Waals surface area contributed by atoms with E-state index in [4.69, 9.17) is 4.74 Å². The number of hydrogen-bond donors (Lipinski definition) is 1. The number of nitrogens with one attached hydrogen (secondary N) is 1. The molecular weight excluding hydrogens is 434 g/mol. The van der Waals surface area contributed by atoms with E-state index in [1.54, 1.807) is 12.4 Å². The first-order valence-corrected chi connectivity index (χ1v) is 11.6. The van der Waals surface area contributed by atoms with Crippen LogP contribution in [0.2, 0.25) is 0 Å². The Kier molecular flexibility index (Phi) is 7.04. The van der Waals surface area contributed by atoms with Crippen LogP contribution in [0.1, 0.15) is 18.1 Å². The van der Waals surface area contributed by atoms with Crippen molar-refractivity contribution in [2.75, 3.05) is 17.7 Å². The number of hydrogen-bond acceptors (Lipinski definition) is 6. The Hall–Kier alpha value is -3.65. The number of benzene rings is 2. The maximum Gasteiger partial charge on any atom is 0.234 e. The Morgan fingerprint density at radius 2 is 1.82 bits per heavy atom. The number of rotatable bonds is 8. The lowest BCUT2D eigenvalue weighted by Crippen LogP contribution is -2.14. The molecule has 0 radical (unpaired) electrons. The van der Waals surface area contributed by atoms with Gasteiger partial charge < -0.3 is 10.1 Å². The number of carbonyl (C=O) groups is 1. The van der Waals surface area contributed by atoms with Crippen LogP contribution < -0.4 is 10.1 Å². The van der Waals surface area contributed by atoms with Crippen LogP contribution >= 0.6 is 11.8 Å². The molecule has 2 aromatic heterocycles. The van der Waals surface area contributed by atoms with Crippen molar-refractivity contribution in [1.29, 1.82) is 0 Å². The lowest BCUT2D eigenvalue weighted by molar-refractivity contribution is -0.113. The van der Waals surface area contributed by atoms with E-state index >= 15 is 0 Å². The molecule has 1 amide bonds. The molecule has 4 aromatic rings. The number of carbonyl (C=O) groups excluding carboxylic acids is 1. The van der Waals surface area contributed by atoms with Gasteiger partial charge in [-0.3, -0.25) is 14.3 Å². The monoisotopic (exact) mass is 459 g/mol. The van der Waals surface area contributed by atoms with E-state index in [0.29, 0.717) is 17.6 Å². The number of anilines is 1. The first-order chi connectivity index (χ1) is 16.0. The van der Waals surface area contributed by atoms with Gasteiger partial charge in [-0.1, -0.05) is 17.8 Å². The van der Waals surface area contributed by atoms with Crippen LogP contribution in [-0.2, 0) is 4.79 Å². The zero-order valence-corrected chi connectivity index (χ0v) is 19.6. The Balaban J connectivity index is 1.58. The molecule has 0 aliphatic carbocycles. The standard InChI is InChI=1S/C25H25N5O2S/c1-4-32-22-9-7-21(8-10-22)30-24(19-6-5-11-26-15-19)28-29-25(30)33-16-23(31)27-20-13-17(2)12-18(3)14-20/h5-15H,4,16H2,1-3H3,(H,27,31). The summed E-state index contributed by atoms with van der Waals surface area (Å²) in [6, 6.07) is 17.5. The minimum absolute atomic E-state index is 0.103. The van der Waals surface area contributed by atoms with Crippen molar-refractivity contribution in [3.05, 3.63) is 78.1 Å². The Morgan fingerprint density at radius 3 is 2.48 bits per heavy atom. The molecule has 0 unspecified atom stereocenters. The van der Waals surface area contributed by atoms with Gasteiger partial charge in [-0.25, -0.2) is 0 Å². The highest BCUT2D eigenvalue weighted by Gasteiger charge is 2.18. The van der Waals surface area contributed by atoms with E-state index in [1.807, 2.05) is 73.9 Å². The maximum atomic E-state index is 12.6. The molecule has 2 heterocycles. The van der Waals surface area contributed by atoms with Crippen molar-refractivity contribution in [1.82, 2.24) is 19.7 Å². The van der Waals surface area contributed by atoms with E-state index in [-0.39, 0.29) is 11.7 Å². The molecule has 0 aliphatic rings. The minimum atomic E-state index is -0.103. The van der Waals surface area contributed by atoms with Crippen LogP contribution in [0.15, 0.2) is 72.1 Å². The quantitative estimate of drug-likeness (QED) is 0.370. The molecule has 0 saturated carbocycles. The molecule has 0 atom stereocenters. The number of thioether (sulfide) groups is 1. The summed E-state index contributed by atoms with van der Waals surface area (Å²) in [5.74, 6) is 1.55. The molecule has 0 bridgehead atoms. The van der Waals surface area contributed by atoms with Crippen molar-refractivity contribution < 1.29 is 9.53 Å². The van der Waals surface area contributed by atoms with Crippen molar-refractivity contribution in [2.24, 2.45) is 0 Å². The number of pyridine rings is 1. The van der Waals surface area contributed by atoms with Crippen LogP contribution in [-0.4, -0.2) is 38.0 Å². The summed E-state index contributed by atoms with van der Waals surface area (Å²) < 4.78 is 7.50. The van der Waals surface area contributed by atoms with Gasteiger partial charge in [-0.05, 0) is 80.4 Å². The van der Waals surface area contributed by atoms with Gasteiger partial charge >= 0.3 is 0 Å². The Labute approximate surface area is 197 Å². The third-order valence-electron chi connectivity index (χ3n) is 4.80. The van der Waals surface area contributed by atoms with E-state index in [9.17, 15) is 4.79 Å². The molecule has 4 rings (SSSR count). The highest BCUT2D eigenvalue weighted by atomic mass is 32.2. The topological polar surface area (TPSA) is 81.9 Å². The van der Waals surface area contributed by atoms with E-state index in [2.05, 4.69) is 26.6 Å². The first-order valence-electron chi connectivity index (χ1n) is 10.6. The fourth-order valence-corrected chi connectivity index (χ4v) is 4.26. The lowest BCUT2D eigenvalue weighted by Gasteiger charge is -2.12. The summed E-state index contributed by atoms with van der Waals surface area (Å²) in [5.41, 5.74) is 4.72. The summed E-state index contributed by atoms with van der Waals surface area (Å²) in [4.78, 5) is 16.8. The van der Waals surface area contributed by atoms with Gasteiger partial charge in [0.05, 0.1) is 12.4 Å². The molecule has 168 valence electrons. The van der Waals surface area contributed by atoms with Crippen molar-refractivity contribution in [3.8, 4) is 22.8 Å². The third-order valence-corrected chi connectivity index (χ3v) is 5.73. The highest BCUT2D eigenvalue weighted by Crippen LogP contribution is 2.28. The van der Waals surface area contributed by atoms with Crippen LogP contribution in [0.4, 0.5) is 5.69 Å². The van der Waals surface area contributed by atoms with E-state index in [1.165, 1.54) is 11.8 Å². The molecular formula is C25H25N5O2S. The lowest BCUT2D eigenvalue weighted by atomic mass is 10.1. The molecule has 7 nitrogen and oxygen atoms in total. The van der Waals surface area contributed by atoms with E-state index < -0.39 is 0 Å². The van der Waals surface area contributed by atoms with E-state index in [0.717, 1.165) is 33.8 Å². The number of aryl methyl sites for hydroxylation is 2. The third kappa shape index (κ3) is 5.59. The average molecular weight is 460 g/mol. The molecule has 0 spiro atoms. The fourth-order valence-electron chi connectivity index (χ4n) is 3.51. The van der Waals surface area contributed by atoms with Crippen LogP contribution in [0.3, 0.4) is 0 Å². The van der Waals surface area contributed by atoms with Gasteiger partial charge in [0.15, 0.2) is 11.0 Å². The van der Waals surface area contributed by atoms with Crippen LogP contribution in [0.25, 0.3) is 17.1 Å². The van der Waals surface area contributed by atoms with Crippen molar-refractivity contribution >= 4 is 23.4 Å². The maximum absolute atomic E-state index is 12.6. The summed E-state index contributed by atoms with van der Waals surface area (Å²) in [5, 5.41) is 12.4. The molecule has 0 fully saturated rings. The normalized spacial score (nSPS) is 10.8. The summed E-state index contributed by atoms with van der Waals surface area (Å²) in [7, 11) is 0. The SMILES string of the molecule is CCOc1ccc(-n2c(SCC(=O)Nc3cc(C)cc(C)c3)nnc2-c2cccnc2)cc1. The zero-order chi connectivity index (χ0) is 23.2. The number of ether oxygens (including phenoxy) is 1. The van der Waals surface area contributed by atoms with Crippen molar-refractivity contribution in [2.45, 2.75) is 25.9 Å². The molecule has 0 aliphatic heterocycles. The Morgan fingerprint density at radius 1 is 1.06 bits per heavy atom. The predicted octanol–water partition coefficient (Wildman–Crippen LogP) is 5.08. The number of aromatic nitrogens is 4. The molecule has 2 aromatic carbocycles. The van der Waals surface area contributed by atoms with Crippen LogP contribution in [0.5, 0.6) is 5.75 Å². The summed E-state index contributed by atoms with van der Waals surface area (Å²) >= 11 is 1.33. The fraction of sp³-hybridized carbons (Fsp3) is 0.200. The van der Waals surface area contributed by atoms with Gasteiger partial charge in [0.1, 0.15) is 5.75 Å². The van der Waals surface area contributed by atoms with Gasteiger partial charge in [-0.15, -0.1) is 10.2 Å². The van der Waals surface area contributed by atoms with Gasteiger partial charge in [0.2, 0.25) is 5.91 Å². The van der Waals surface area contributed by atoms with Gasteiger partial charge in [-0.2, -0.15) is 0 Å². The molecule has 33 heavy (non-hydrogen) atoms. The summed E-state index contributed by atoms with van der Waals surface area (Å²) in [6.07, 6.45) is 3.46. The number of nitrogens with zero attached hydrogens (tertiary/aromatic N) is 4. The van der Waals surface area contributed by atoms with Gasteiger partial charge in [0.25, 0.3) is 0 Å². The largest absolute Gasteiger partial charge is 0.494 e. The smallest absolute Gasteiger partial charge is 0.234 e. The Bertz CT molecular complexity index is 1220. The minimum Gasteiger partial charge on any atom is -0.494 e. The predicted molar refractivity (Wildman–Crippen MR) is 131 cm³/mol. The first kappa shape index (κ1) is 22.5. The second-order valence-corrected chi connectivity index (χ2v) is 8.47. The average Bonchev–Trinajstić information content (AvgIpc) is 3.22. The molecule has 8 heteroatoms. The summed E-state index contributed by atoms with van der Waals surface area (Å²) in [6.45, 7) is 6.57. The second kappa shape index (κ2) is 10.3. The van der Waals surface area contributed by atoms with Gasteiger partial charge in [0, 0.05) is 29.3 Å². The molecule has 0 saturated heterocycles. The van der Waals surface area contributed by atoms with Crippen LogP contribution in [0, 0.1) is 13.8 Å². The second-order valence-electron chi connectivity index (χ2n) is 7.52. The highest BCUT2D eigenvalue weighted by molar-refractivity contribution is 7.99. The number of amides is 1. The molecule has 1 N–H and O–H groups in total. The van der Waals surface area contributed by atoms with Crippen molar-refractivity contribution in [3.63, 3.8) is 0 Å².